The molecule has 3 heterocycles. The van der Waals surface area contributed by atoms with Crippen molar-refractivity contribution in [3.8, 4) is 5.75 Å². The highest BCUT2D eigenvalue weighted by molar-refractivity contribution is 5.99. The molecule has 2 atom stereocenters. The number of piperidine rings is 1. The number of ether oxygens (including phenoxy) is 2. The molecule has 2 fully saturated rings. The number of nitrogens with one attached hydrogen (secondary N) is 1. The zero-order chi connectivity index (χ0) is 19.2. The maximum absolute atomic E-state index is 12.9. The van der Waals surface area contributed by atoms with Crippen molar-refractivity contribution in [1.29, 1.82) is 0 Å². The van der Waals surface area contributed by atoms with Gasteiger partial charge in [0.05, 0.1) is 24.9 Å². The second-order valence-corrected chi connectivity index (χ2v) is 7.94. The van der Waals surface area contributed by atoms with Gasteiger partial charge in [0.1, 0.15) is 17.5 Å². The van der Waals surface area contributed by atoms with E-state index in [0.29, 0.717) is 38.0 Å². The Labute approximate surface area is 157 Å². The number of likely N-dealkylation sites (tertiary alicyclic amines) is 1. The Bertz CT molecular complexity index is 851. The molecule has 2 aromatic rings. The van der Waals surface area contributed by atoms with E-state index in [1.807, 2.05) is 29.2 Å². The second kappa shape index (κ2) is 6.51. The molecule has 0 unspecified atom stereocenters. The first-order valence-electron chi connectivity index (χ1n) is 9.33. The van der Waals surface area contributed by atoms with Gasteiger partial charge in [0, 0.05) is 30.4 Å². The van der Waals surface area contributed by atoms with Crippen LogP contribution in [-0.4, -0.2) is 70.1 Å². The lowest BCUT2D eigenvalue weighted by Gasteiger charge is -2.49. The van der Waals surface area contributed by atoms with Gasteiger partial charge in [-0.2, -0.15) is 0 Å². The van der Waals surface area contributed by atoms with Crippen molar-refractivity contribution >= 4 is 16.8 Å². The van der Waals surface area contributed by atoms with E-state index in [-0.39, 0.29) is 12.5 Å². The van der Waals surface area contributed by atoms with Crippen molar-refractivity contribution in [3.05, 3.63) is 30.0 Å². The zero-order valence-corrected chi connectivity index (χ0v) is 15.7. The third-order valence-electron chi connectivity index (χ3n) is 5.98. The largest absolute Gasteiger partial charge is 0.496 e. The third kappa shape index (κ3) is 3.20. The minimum Gasteiger partial charge on any atom is -0.496 e. The molecular weight excluding hydrogens is 348 g/mol. The molecule has 2 aliphatic rings. The highest BCUT2D eigenvalue weighted by atomic mass is 16.5. The standard InChI is InChI=1S/C20H26N2O5/c1-19(25)12-20(27-11-17(19)23)6-8-22(9-7-20)18(24)15-10-13-14(21-15)4-3-5-16(13)26-2/h3-5,10,17,21,23,25H,6-9,11-12H2,1-2H3/t17-,19-/m0/s1. The van der Waals surface area contributed by atoms with Crippen molar-refractivity contribution in [2.75, 3.05) is 26.8 Å². The lowest BCUT2D eigenvalue weighted by Crippen LogP contribution is -2.59. The van der Waals surface area contributed by atoms with Gasteiger partial charge in [0.25, 0.3) is 5.91 Å². The highest BCUT2D eigenvalue weighted by Crippen LogP contribution is 2.40. The number of rotatable bonds is 2. The molecule has 27 heavy (non-hydrogen) atoms. The van der Waals surface area contributed by atoms with Gasteiger partial charge in [-0.1, -0.05) is 6.07 Å². The first-order chi connectivity index (χ1) is 12.8. The third-order valence-corrected chi connectivity index (χ3v) is 5.98. The van der Waals surface area contributed by atoms with Gasteiger partial charge in [-0.05, 0) is 38.0 Å². The Kier molecular flexibility index (Phi) is 4.41. The average Bonchev–Trinajstić information content (AvgIpc) is 3.09. The van der Waals surface area contributed by atoms with Gasteiger partial charge in [0.15, 0.2) is 0 Å². The normalized spacial score (nSPS) is 27.9. The highest BCUT2D eigenvalue weighted by Gasteiger charge is 2.49. The van der Waals surface area contributed by atoms with E-state index < -0.39 is 17.3 Å². The molecule has 0 saturated carbocycles. The summed E-state index contributed by atoms with van der Waals surface area (Å²) in [4.78, 5) is 17.9. The lowest BCUT2D eigenvalue weighted by atomic mass is 9.76. The van der Waals surface area contributed by atoms with Crippen molar-refractivity contribution in [2.24, 2.45) is 0 Å². The summed E-state index contributed by atoms with van der Waals surface area (Å²) in [6, 6.07) is 7.51. The van der Waals surface area contributed by atoms with Crippen LogP contribution in [-0.2, 0) is 4.74 Å². The topological polar surface area (TPSA) is 95.0 Å². The van der Waals surface area contributed by atoms with Gasteiger partial charge >= 0.3 is 0 Å². The number of fused-ring (bicyclic) bond motifs is 1. The van der Waals surface area contributed by atoms with E-state index in [0.717, 1.165) is 16.7 Å². The molecule has 1 spiro atoms. The smallest absolute Gasteiger partial charge is 0.270 e. The SMILES string of the molecule is COc1cccc2[nH]c(C(=O)N3CCC4(CC3)C[C@](C)(O)[C@@H](O)CO4)cc12. The first-order valence-corrected chi connectivity index (χ1v) is 9.33. The molecule has 1 aromatic heterocycles. The number of carbonyl (C=O) groups is 1. The first kappa shape index (κ1) is 18.3. The van der Waals surface area contributed by atoms with Crippen LogP contribution in [0.5, 0.6) is 5.75 Å². The molecule has 7 heteroatoms. The molecule has 2 aliphatic heterocycles. The van der Waals surface area contributed by atoms with Crippen LogP contribution in [0.4, 0.5) is 0 Å². The molecular formula is C20H26N2O5. The molecule has 0 radical (unpaired) electrons. The summed E-state index contributed by atoms with van der Waals surface area (Å²) in [5.74, 6) is 0.683. The van der Waals surface area contributed by atoms with E-state index in [4.69, 9.17) is 9.47 Å². The number of aromatic nitrogens is 1. The summed E-state index contributed by atoms with van der Waals surface area (Å²) < 4.78 is 11.3. The Morgan fingerprint density at radius 1 is 1.37 bits per heavy atom. The number of hydrogen-bond donors (Lipinski definition) is 3. The number of aliphatic hydroxyl groups is 2. The number of hydrogen-bond acceptors (Lipinski definition) is 5. The summed E-state index contributed by atoms with van der Waals surface area (Å²) in [6.45, 7) is 2.88. The van der Waals surface area contributed by atoms with Crippen molar-refractivity contribution in [1.82, 2.24) is 9.88 Å². The predicted molar refractivity (Wildman–Crippen MR) is 99.9 cm³/mol. The lowest BCUT2D eigenvalue weighted by molar-refractivity contribution is -0.221. The van der Waals surface area contributed by atoms with Crippen LogP contribution in [0.2, 0.25) is 0 Å². The van der Waals surface area contributed by atoms with Crippen molar-refractivity contribution in [2.45, 2.75) is 43.5 Å². The molecule has 146 valence electrons. The van der Waals surface area contributed by atoms with Crippen molar-refractivity contribution < 1.29 is 24.5 Å². The van der Waals surface area contributed by atoms with Crippen LogP contribution in [0.25, 0.3) is 10.9 Å². The Morgan fingerprint density at radius 3 is 2.78 bits per heavy atom. The minimum absolute atomic E-state index is 0.0503. The number of aromatic amines is 1. The number of methoxy groups -OCH3 is 1. The van der Waals surface area contributed by atoms with Crippen LogP contribution in [0, 0.1) is 0 Å². The summed E-state index contributed by atoms with van der Waals surface area (Å²) >= 11 is 0. The van der Waals surface area contributed by atoms with Crippen LogP contribution < -0.4 is 4.74 Å². The van der Waals surface area contributed by atoms with Crippen LogP contribution >= 0.6 is 0 Å². The summed E-state index contributed by atoms with van der Waals surface area (Å²) in [5, 5.41) is 21.2. The van der Waals surface area contributed by atoms with Gasteiger partial charge in [-0.25, -0.2) is 0 Å². The van der Waals surface area contributed by atoms with Crippen LogP contribution in [0.1, 0.15) is 36.7 Å². The molecule has 0 aliphatic carbocycles. The maximum Gasteiger partial charge on any atom is 0.270 e. The van der Waals surface area contributed by atoms with E-state index in [9.17, 15) is 15.0 Å². The van der Waals surface area contributed by atoms with Gasteiger partial charge in [0.2, 0.25) is 0 Å². The number of aliphatic hydroxyl groups excluding tert-OH is 1. The molecule has 1 amide bonds. The molecule has 7 nitrogen and oxygen atoms in total. The molecule has 0 bridgehead atoms. The monoisotopic (exact) mass is 374 g/mol. The number of H-pyrrole nitrogens is 1. The van der Waals surface area contributed by atoms with E-state index >= 15 is 0 Å². The van der Waals surface area contributed by atoms with E-state index in [1.165, 1.54) is 0 Å². The fraction of sp³-hybridized carbons (Fsp3) is 0.550. The van der Waals surface area contributed by atoms with Crippen LogP contribution in [0.3, 0.4) is 0 Å². The summed E-state index contributed by atoms with van der Waals surface area (Å²) in [6.07, 6.45) is 0.799. The number of nitrogens with zero attached hydrogens (tertiary/aromatic N) is 1. The molecule has 4 rings (SSSR count). The Hall–Kier alpha value is -2.09. The quantitative estimate of drug-likeness (QED) is 0.744. The van der Waals surface area contributed by atoms with Gasteiger partial charge in [-0.15, -0.1) is 0 Å². The molecule has 2 saturated heterocycles. The van der Waals surface area contributed by atoms with E-state index in [2.05, 4.69) is 4.98 Å². The van der Waals surface area contributed by atoms with Gasteiger partial charge < -0.3 is 29.6 Å². The Balaban J connectivity index is 1.48. The number of benzene rings is 1. The van der Waals surface area contributed by atoms with E-state index in [1.54, 1.807) is 14.0 Å². The molecule has 3 N–H and O–H groups in total. The van der Waals surface area contributed by atoms with Crippen molar-refractivity contribution in [3.63, 3.8) is 0 Å². The average molecular weight is 374 g/mol. The molecule has 1 aromatic carbocycles. The number of amides is 1. The van der Waals surface area contributed by atoms with Crippen LogP contribution in [0.15, 0.2) is 24.3 Å². The zero-order valence-electron chi connectivity index (χ0n) is 15.7. The minimum atomic E-state index is -1.15. The predicted octanol–water partition coefficient (Wildman–Crippen LogP) is 1.68. The maximum atomic E-state index is 12.9. The summed E-state index contributed by atoms with van der Waals surface area (Å²) in [7, 11) is 1.61. The summed E-state index contributed by atoms with van der Waals surface area (Å²) in [5.41, 5.74) is -0.217. The fourth-order valence-corrected chi connectivity index (χ4v) is 4.29. The second-order valence-electron chi connectivity index (χ2n) is 7.94. The van der Waals surface area contributed by atoms with Gasteiger partial charge in [-0.3, -0.25) is 4.79 Å². The number of carbonyl (C=O) groups excluding carboxylic acids is 1. The Morgan fingerprint density at radius 2 is 2.11 bits per heavy atom. The fourth-order valence-electron chi connectivity index (χ4n) is 4.29.